The average molecular weight is 670 g/mol. The lowest BCUT2D eigenvalue weighted by atomic mass is 9.86. The number of amides is 2. The van der Waals surface area contributed by atoms with Crippen molar-refractivity contribution in [1.82, 2.24) is 9.88 Å². The standard InChI is InChI=1S/C35H28ClN3O7S/c1-44-26-14-12-24-21-38(18-16-23(24)19-26)34(41)46-35(27-9-3-4-10-30(27)45-2)28-20-25(36)13-15-29(28)39(33(35)40)47(42,43)31-11-5-7-22-8-6-17-37-32(22)31/h3-15,17,19-20H,16,18,21H2,1-2H3. The lowest BCUT2D eigenvalue weighted by Gasteiger charge is -2.34. The minimum absolute atomic E-state index is 0.0119. The van der Waals surface area contributed by atoms with Crippen molar-refractivity contribution >= 4 is 50.2 Å². The molecule has 0 fully saturated rings. The lowest BCUT2D eigenvalue weighted by Crippen LogP contribution is -2.49. The van der Waals surface area contributed by atoms with E-state index in [4.69, 9.17) is 25.8 Å². The Morgan fingerprint density at radius 2 is 1.70 bits per heavy atom. The van der Waals surface area contributed by atoms with Gasteiger partial charge in [0.05, 0.1) is 31.0 Å². The van der Waals surface area contributed by atoms with E-state index in [-0.39, 0.29) is 44.5 Å². The molecular weight excluding hydrogens is 642 g/mol. The van der Waals surface area contributed by atoms with E-state index < -0.39 is 27.6 Å². The Morgan fingerprint density at radius 1 is 0.894 bits per heavy atom. The highest BCUT2D eigenvalue weighted by Crippen LogP contribution is 2.52. The van der Waals surface area contributed by atoms with Crippen molar-refractivity contribution in [2.75, 3.05) is 25.1 Å². The summed E-state index contributed by atoms with van der Waals surface area (Å²) in [6.45, 7) is 0.502. The Hall–Kier alpha value is -5.13. The maximum absolute atomic E-state index is 15.0. The summed E-state index contributed by atoms with van der Waals surface area (Å²) in [5.41, 5.74) is 0.0368. The molecule has 3 heterocycles. The lowest BCUT2D eigenvalue weighted by molar-refractivity contribution is -0.132. The van der Waals surface area contributed by atoms with Crippen LogP contribution < -0.4 is 13.8 Å². The maximum Gasteiger partial charge on any atom is 0.411 e. The van der Waals surface area contributed by atoms with Crippen molar-refractivity contribution in [3.8, 4) is 11.5 Å². The van der Waals surface area contributed by atoms with E-state index in [1.807, 2.05) is 18.2 Å². The zero-order valence-electron chi connectivity index (χ0n) is 25.3. The molecule has 47 heavy (non-hydrogen) atoms. The van der Waals surface area contributed by atoms with Gasteiger partial charge >= 0.3 is 6.09 Å². The van der Waals surface area contributed by atoms with E-state index in [9.17, 15) is 13.2 Å². The number of sulfonamides is 1. The van der Waals surface area contributed by atoms with Crippen LogP contribution in [-0.4, -0.2) is 51.1 Å². The van der Waals surface area contributed by atoms with Crippen LogP contribution in [0.2, 0.25) is 5.02 Å². The van der Waals surface area contributed by atoms with Gasteiger partial charge in [0.15, 0.2) is 0 Å². The molecule has 12 heteroatoms. The molecule has 0 saturated carbocycles. The number of pyridine rings is 1. The number of halogens is 1. The van der Waals surface area contributed by atoms with Gasteiger partial charge in [-0.3, -0.25) is 9.78 Å². The highest BCUT2D eigenvalue weighted by Gasteiger charge is 2.61. The molecule has 2 amide bonds. The fraction of sp³-hybridized carbons (Fsp3) is 0.171. The molecule has 1 aromatic heterocycles. The molecule has 10 nitrogen and oxygen atoms in total. The topological polar surface area (TPSA) is 115 Å². The molecule has 0 spiro atoms. The Morgan fingerprint density at radius 3 is 2.51 bits per heavy atom. The first-order valence-electron chi connectivity index (χ1n) is 14.7. The Labute approximate surface area is 276 Å². The van der Waals surface area contributed by atoms with Crippen LogP contribution in [0.25, 0.3) is 10.9 Å². The van der Waals surface area contributed by atoms with Crippen molar-refractivity contribution in [1.29, 1.82) is 0 Å². The Kier molecular flexibility index (Phi) is 7.53. The Bertz CT molecular complexity index is 2190. The first kappa shape index (κ1) is 30.5. The molecule has 0 saturated heterocycles. The SMILES string of the molecule is COc1ccc2c(c1)CCN(C(=O)OC1(c3ccccc3OC)C(=O)N(S(=O)(=O)c3cccc4cccnc34)c3ccc(Cl)cc31)C2. The minimum atomic E-state index is -4.63. The predicted molar refractivity (Wildman–Crippen MR) is 175 cm³/mol. The summed E-state index contributed by atoms with van der Waals surface area (Å²) in [6.07, 6.45) is 1.19. The highest BCUT2D eigenvalue weighted by atomic mass is 35.5. The van der Waals surface area contributed by atoms with Gasteiger partial charge in [-0.2, -0.15) is 4.31 Å². The molecule has 1 atom stereocenters. The van der Waals surface area contributed by atoms with E-state index in [1.165, 1.54) is 42.5 Å². The summed E-state index contributed by atoms with van der Waals surface area (Å²) >= 11 is 6.50. The monoisotopic (exact) mass is 669 g/mol. The fourth-order valence-electron chi connectivity index (χ4n) is 6.31. The smallest absolute Gasteiger partial charge is 0.411 e. The van der Waals surface area contributed by atoms with E-state index in [0.29, 0.717) is 28.4 Å². The van der Waals surface area contributed by atoms with Gasteiger partial charge in [-0.25, -0.2) is 13.2 Å². The number of fused-ring (bicyclic) bond motifs is 3. The van der Waals surface area contributed by atoms with E-state index in [2.05, 4.69) is 4.98 Å². The number of carbonyl (C=O) groups excluding carboxylic acids is 2. The molecular formula is C35H28ClN3O7S. The fourth-order valence-corrected chi connectivity index (χ4v) is 8.11. The van der Waals surface area contributed by atoms with Gasteiger partial charge in [-0.1, -0.05) is 54.1 Å². The molecule has 0 bridgehead atoms. The van der Waals surface area contributed by atoms with Gasteiger partial charge in [0.25, 0.3) is 15.9 Å². The first-order valence-corrected chi connectivity index (χ1v) is 16.5. The number of para-hydroxylation sites is 2. The van der Waals surface area contributed by atoms with Crippen LogP contribution in [0, 0.1) is 0 Å². The third kappa shape index (κ3) is 4.85. The van der Waals surface area contributed by atoms with Gasteiger partial charge in [-0.05, 0) is 66.1 Å². The van der Waals surface area contributed by atoms with Crippen molar-refractivity contribution in [2.45, 2.75) is 23.5 Å². The van der Waals surface area contributed by atoms with Gasteiger partial charge < -0.3 is 19.1 Å². The molecule has 0 N–H and O–H groups in total. The van der Waals surface area contributed by atoms with Crippen molar-refractivity contribution in [3.63, 3.8) is 0 Å². The Balaban J connectivity index is 1.39. The number of rotatable bonds is 6. The molecule has 5 aromatic rings. The van der Waals surface area contributed by atoms with Crippen LogP contribution in [-0.2, 0) is 38.1 Å². The summed E-state index contributed by atoms with van der Waals surface area (Å²) in [6, 6.07) is 24.6. The normalized spacial score (nSPS) is 17.3. The van der Waals surface area contributed by atoms with E-state index in [0.717, 1.165) is 11.1 Å². The molecule has 238 valence electrons. The molecule has 0 aliphatic carbocycles. The summed E-state index contributed by atoms with van der Waals surface area (Å²) in [7, 11) is -1.62. The van der Waals surface area contributed by atoms with Crippen molar-refractivity contribution < 1.29 is 32.2 Å². The van der Waals surface area contributed by atoms with Crippen LogP contribution in [0.4, 0.5) is 10.5 Å². The zero-order chi connectivity index (χ0) is 32.9. The third-order valence-electron chi connectivity index (χ3n) is 8.57. The molecule has 7 rings (SSSR count). The summed E-state index contributed by atoms with van der Waals surface area (Å²) in [5.74, 6) is -0.105. The summed E-state index contributed by atoms with van der Waals surface area (Å²) < 4.78 is 47.2. The van der Waals surface area contributed by atoms with E-state index in [1.54, 1.807) is 55.6 Å². The second-order valence-corrected chi connectivity index (χ2v) is 13.3. The van der Waals surface area contributed by atoms with Crippen LogP contribution in [0.5, 0.6) is 11.5 Å². The second kappa shape index (κ2) is 11.6. The van der Waals surface area contributed by atoms with Gasteiger partial charge in [0.1, 0.15) is 16.4 Å². The molecule has 2 aliphatic heterocycles. The third-order valence-corrected chi connectivity index (χ3v) is 10.5. The van der Waals surface area contributed by atoms with Crippen molar-refractivity contribution in [3.05, 3.63) is 124 Å². The molecule has 1 unspecified atom stereocenters. The number of nitrogens with zero attached hydrogens (tertiary/aromatic N) is 3. The van der Waals surface area contributed by atoms with Gasteiger partial charge in [0.2, 0.25) is 5.60 Å². The predicted octanol–water partition coefficient (Wildman–Crippen LogP) is 6.08. The van der Waals surface area contributed by atoms with Crippen molar-refractivity contribution in [2.24, 2.45) is 0 Å². The van der Waals surface area contributed by atoms with Crippen LogP contribution in [0.15, 0.2) is 102 Å². The van der Waals surface area contributed by atoms with Crippen LogP contribution in [0.3, 0.4) is 0 Å². The molecule has 4 aromatic carbocycles. The molecule has 2 aliphatic rings. The number of aromatic nitrogens is 1. The number of methoxy groups -OCH3 is 2. The minimum Gasteiger partial charge on any atom is -0.497 e. The second-order valence-electron chi connectivity index (χ2n) is 11.1. The average Bonchev–Trinajstić information content (AvgIpc) is 3.34. The number of ether oxygens (including phenoxy) is 3. The van der Waals surface area contributed by atoms with Gasteiger partial charge in [-0.15, -0.1) is 0 Å². The number of hydrogen-bond donors (Lipinski definition) is 0. The first-order chi connectivity index (χ1) is 22.7. The van der Waals surface area contributed by atoms with Crippen LogP contribution >= 0.6 is 11.6 Å². The number of hydrogen-bond acceptors (Lipinski definition) is 8. The largest absolute Gasteiger partial charge is 0.497 e. The highest BCUT2D eigenvalue weighted by molar-refractivity contribution is 7.93. The number of anilines is 1. The zero-order valence-corrected chi connectivity index (χ0v) is 26.9. The summed E-state index contributed by atoms with van der Waals surface area (Å²) in [4.78, 5) is 34.8. The number of benzene rings is 4. The maximum atomic E-state index is 15.0. The quantitative estimate of drug-likeness (QED) is 0.214. The molecule has 0 radical (unpaired) electrons. The van der Waals surface area contributed by atoms with Crippen LogP contribution in [0.1, 0.15) is 22.3 Å². The van der Waals surface area contributed by atoms with E-state index >= 15 is 4.79 Å². The summed E-state index contributed by atoms with van der Waals surface area (Å²) in [5, 5.41) is 0.778. The number of carbonyl (C=O) groups is 2. The van der Waals surface area contributed by atoms with Gasteiger partial charge in [0, 0.05) is 35.3 Å².